The molecule has 0 aromatic carbocycles. The summed E-state index contributed by atoms with van der Waals surface area (Å²) in [6, 6.07) is 0.183. The molecule has 0 unspecified atom stereocenters. The summed E-state index contributed by atoms with van der Waals surface area (Å²) in [5, 5.41) is 2.85. The molecule has 1 aromatic rings. The monoisotopic (exact) mass is 337 g/mol. The third-order valence-electron chi connectivity index (χ3n) is 4.11. The molecule has 0 radical (unpaired) electrons. The third-order valence-corrected chi connectivity index (χ3v) is 4.11. The molecule has 0 aliphatic heterocycles. The van der Waals surface area contributed by atoms with Crippen LogP contribution in [0.25, 0.3) is 0 Å². The molecule has 1 heterocycles. The first-order valence-electron chi connectivity index (χ1n) is 8.83. The molecule has 0 spiro atoms. The van der Waals surface area contributed by atoms with Gasteiger partial charge >= 0.3 is 0 Å². The van der Waals surface area contributed by atoms with Crippen molar-refractivity contribution in [2.24, 2.45) is 5.92 Å². The summed E-state index contributed by atoms with van der Waals surface area (Å²) in [6.07, 6.45) is 3.55. The van der Waals surface area contributed by atoms with E-state index < -0.39 is 0 Å². The highest BCUT2D eigenvalue weighted by molar-refractivity contribution is 5.92. The Morgan fingerprint density at radius 2 is 1.88 bits per heavy atom. The minimum Gasteiger partial charge on any atom is -0.446 e. The molecule has 0 saturated carbocycles. The zero-order chi connectivity index (χ0) is 18.3. The van der Waals surface area contributed by atoms with E-state index >= 15 is 0 Å². The molecule has 0 bridgehead atoms. The molecule has 1 N–H and O–H groups in total. The summed E-state index contributed by atoms with van der Waals surface area (Å²) < 4.78 is 5.42. The molecule has 1 aromatic heterocycles. The van der Waals surface area contributed by atoms with Crippen LogP contribution in [0.4, 0.5) is 0 Å². The molecule has 0 aliphatic rings. The summed E-state index contributed by atoms with van der Waals surface area (Å²) >= 11 is 0. The van der Waals surface area contributed by atoms with Gasteiger partial charge in [0.25, 0.3) is 5.91 Å². The van der Waals surface area contributed by atoms with Crippen LogP contribution in [0.1, 0.15) is 77.2 Å². The predicted molar refractivity (Wildman–Crippen MR) is 93.5 cm³/mol. The summed E-state index contributed by atoms with van der Waals surface area (Å²) in [7, 11) is 0. The topological polar surface area (TPSA) is 75.4 Å². The fraction of sp³-hybridized carbons (Fsp3) is 0.722. The van der Waals surface area contributed by atoms with E-state index in [0.717, 1.165) is 12.8 Å². The minimum absolute atomic E-state index is 0.0851. The second kappa shape index (κ2) is 9.45. The number of amides is 2. The van der Waals surface area contributed by atoms with E-state index in [2.05, 4.69) is 10.3 Å². The van der Waals surface area contributed by atoms with Gasteiger partial charge in [-0.05, 0) is 32.6 Å². The molecular weight excluding hydrogens is 306 g/mol. The molecule has 0 fully saturated rings. The van der Waals surface area contributed by atoms with Gasteiger partial charge in [-0.15, -0.1) is 0 Å². The van der Waals surface area contributed by atoms with Crippen molar-refractivity contribution < 1.29 is 14.0 Å². The zero-order valence-electron chi connectivity index (χ0n) is 15.8. The molecule has 2 amide bonds. The maximum absolute atomic E-state index is 12.5. The smallest absolute Gasteiger partial charge is 0.273 e. The van der Waals surface area contributed by atoms with Gasteiger partial charge < -0.3 is 14.6 Å². The second-order valence-electron chi connectivity index (χ2n) is 6.79. The molecule has 0 aliphatic carbocycles. The number of rotatable bonds is 9. The van der Waals surface area contributed by atoms with Crippen molar-refractivity contribution in [2.75, 3.05) is 0 Å². The SMILES string of the molecule is CC[C@@H](C)N(Cc1nc(C(=O)N[C@@H](C)CC)co1)C(=O)CC(C)C. The van der Waals surface area contributed by atoms with Gasteiger partial charge in [-0.25, -0.2) is 4.98 Å². The van der Waals surface area contributed by atoms with Gasteiger partial charge in [-0.2, -0.15) is 0 Å². The lowest BCUT2D eigenvalue weighted by molar-refractivity contribution is -0.135. The summed E-state index contributed by atoms with van der Waals surface area (Å²) in [4.78, 5) is 30.6. The van der Waals surface area contributed by atoms with E-state index in [0.29, 0.717) is 18.2 Å². The number of nitrogens with one attached hydrogen (secondary N) is 1. The van der Waals surface area contributed by atoms with Crippen LogP contribution in [0.2, 0.25) is 0 Å². The molecular formula is C18H31N3O3. The van der Waals surface area contributed by atoms with E-state index in [-0.39, 0.29) is 36.1 Å². The van der Waals surface area contributed by atoms with Crippen molar-refractivity contribution in [2.45, 2.75) is 79.4 Å². The standard InChI is InChI=1S/C18H31N3O3/c1-7-13(5)19-18(23)15-11-24-16(20-15)10-21(14(6)8-2)17(22)9-12(3)4/h11-14H,7-10H2,1-6H3,(H,19,23)/t13-,14+/m0/s1. The van der Waals surface area contributed by atoms with Gasteiger partial charge in [0.15, 0.2) is 5.69 Å². The molecule has 6 nitrogen and oxygen atoms in total. The van der Waals surface area contributed by atoms with Gasteiger partial charge in [0.05, 0.1) is 6.54 Å². The Bertz CT molecular complexity index is 539. The van der Waals surface area contributed by atoms with Crippen LogP contribution in [-0.2, 0) is 11.3 Å². The number of hydrogen-bond acceptors (Lipinski definition) is 4. The Morgan fingerprint density at radius 3 is 2.42 bits per heavy atom. The van der Waals surface area contributed by atoms with Crippen molar-refractivity contribution in [1.29, 1.82) is 0 Å². The molecule has 2 atom stereocenters. The molecule has 136 valence electrons. The lowest BCUT2D eigenvalue weighted by atomic mass is 10.1. The normalized spacial score (nSPS) is 13.6. The fourth-order valence-corrected chi connectivity index (χ4v) is 2.21. The van der Waals surface area contributed by atoms with Crippen LogP contribution in [0, 0.1) is 5.92 Å². The van der Waals surface area contributed by atoms with Crippen LogP contribution in [-0.4, -0.2) is 33.8 Å². The summed E-state index contributed by atoms with van der Waals surface area (Å²) in [6.45, 7) is 12.3. The summed E-state index contributed by atoms with van der Waals surface area (Å²) in [5.74, 6) is 0.526. The zero-order valence-corrected chi connectivity index (χ0v) is 15.8. The van der Waals surface area contributed by atoms with Crippen molar-refractivity contribution in [3.05, 3.63) is 17.8 Å². The fourth-order valence-electron chi connectivity index (χ4n) is 2.21. The van der Waals surface area contributed by atoms with Crippen LogP contribution in [0.5, 0.6) is 0 Å². The molecule has 1 rings (SSSR count). The average Bonchev–Trinajstić information content (AvgIpc) is 2.99. The largest absolute Gasteiger partial charge is 0.446 e. The number of nitrogens with zero attached hydrogens (tertiary/aromatic N) is 2. The lowest BCUT2D eigenvalue weighted by Crippen LogP contribution is -2.38. The Balaban J connectivity index is 2.81. The molecule has 0 saturated heterocycles. The van der Waals surface area contributed by atoms with Crippen LogP contribution in [0.3, 0.4) is 0 Å². The lowest BCUT2D eigenvalue weighted by Gasteiger charge is -2.28. The van der Waals surface area contributed by atoms with Gasteiger partial charge in [0.1, 0.15) is 6.26 Å². The Kier molecular flexibility index (Phi) is 7.95. The summed E-state index contributed by atoms with van der Waals surface area (Å²) in [5.41, 5.74) is 0.255. The first-order valence-corrected chi connectivity index (χ1v) is 8.83. The number of carbonyl (C=O) groups excluding carboxylic acids is 2. The van der Waals surface area contributed by atoms with Crippen LogP contribution < -0.4 is 5.32 Å². The van der Waals surface area contributed by atoms with Crippen molar-refractivity contribution in [1.82, 2.24) is 15.2 Å². The Morgan fingerprint density at radius 1 is 1.21 bits per heavy atom. The first-order chi connectivity index (χ1) is 11.3. The van der Waals surface area contributed by atoms with Gasteiger partial charge in [-0.1, -0.05) is 27.7 Å². The van der Waals surface area contributed by atoms with E-state index in [9.17, 15) is 9.59 Å². The van der Waals surface area contributed by atoms with E-state index in [1.165, 1.54) is 6.26 Å². The van der Waals surface area contributed by atoms with Crippen molar-refractivity contribution >= 4 is 11.8 Å². The average molecular weight is 337 g/mol. The first kappa shape index (κ1) is 20.2. The van der Waals surface area contributed by atoms with Crippen molar-refractivity contribution in [3.63, 3.8) is 0 Å². The predicted octanol–water partition coefficient (Wildman–Crippen LogP) is 3.38. The number of aromatic nitrogens is 1. The Labute approximate surface area is 145 Å². The highest BCUT2D eigenvalue weighted by Gasteiger charge is 2.23. The van der Waals surface area contributed by atoms with E-state index in [1.54, 1.807) is 4.90 Å². The minimum atomic E-state index is -0.247. The Hall–Kier alpha value is -1.85. The van der Waals surface area contributed by atoms with Crippen LogP contribution in [0.15, 0.2) is 10.7 Å². The number of carbonyl (C=O) groups is 2. The van der Waals surface area contributed by atoms with Crippen molar-refractivity contribution in [3.8, 4) is 0 Å². The highest BCUT2D eigenvalue weighted by atomic mass is 16.3. The van der Waals surface area contributed by atoms with E-state index in [4.69, 9.17) is 4.42 Å². The van der Waals surface area contributed by atoms with Gasteiger partial charge in [0.2, 0.25) is 11.8 Å². The highest BCUT2D eigenvalue weighted by Crippen LogP contribution is 2.15. The molecule has 6 heteroatoms. The molecule has 24 heavy (non-hydrogen) atoms. The maximum atomic E-state index is 12.5. The number of oxazole rings is 1. The van der Waals surface area contributed by atoms with Crippen LogP contribution >= 0.6 is 0 Å². The quantitative estimate of drug-likeness (QED) is 0.749. The van der Waals surface area contributed by atoms with E-state index in [1.807, 2.05) is 41.5 Å². The van der Waals surface area contributed by atoms with Gasteiger partial charge in [-0.3, -0.25) is 9.59 Å². The third kappa shape index (κ3) is 5.98. The maximum Gasteiger partial charge on any atom is 0.273 e. The van der Waals surface area contributed by atoms with Gasteiger partial charge in [0, 0.05) is 18.5 Å². The second-order valence-corrected chi connectivity index (χ2v) is 6.79. The number of hydrogen-bond donors (Lipinski definition) is 1.